The molecule has 0 aliphatic carbocycles. The number of rotatable bonds is 2. The van der Waals surface area contributed by atoms with Crippen LogP contribution in [-0.2, 0) is 0 Å². The first-order valence-corrected chi connectivity index (χ1v) is 7.09. The zero-order chi connectivity index (χ0) is 14.0. The van der Waals surface area contributed by atoms with Crippen LogP contribution >= 0.6 is 11.6 Å². The third kappa shape index (κ3) is 2.84. The van der Waals surface area contributed by atoms with Crippen molar-refractivity contribution in [1.82, 2.24) is 9.88 Å². The number of halogens is 1. The van der Waals surface area contributed by atoms with Crippen molar-refractivity contribution >= 4 is 23.3 Å². The molecule has 4 nitrogen and oxygen atoms in total. The van der Waals surface area contributed by atoms with Gasteiger partial charge in [-0.05, 0) is 45.2 Å². The molecular weight excluding hydrogens is 262 g/mol. The lowest BCUT2D eigenvalue weighted by atomic mass is 9.97. The third-order valence-electron chi connectivity index (χ3n) is 3.73. The van der Waals surface area contributed by atoms with Crippen molar-refractivity contribution in [2.75, 3.05) is 12.4 Å². The topological polar surface area (TPSA) is 45.2 Å². The minimum Gasteiger partial charge on any atom is -0.373 e. The van der Waals surface area contributed by atoms with Crippen LogP contribution in [0.25, 0.3) is 0 Å². The Morgan fingerprint density at radius 1 is 1.37 bits per heavy atom. The van der Waals surface area contributed by atoms with E-state index in [4.69, 9.17) is 11.6 Å². The molecule has 1 amide bonds. The summed E-state index contributed by atoms with van der Waals surface area (Å²) in [6.07, 6.45) is 3.25. The number of amides is 1. The van der Waals surface area contributed by atoms with E-state index in [1.54, 1.807) is 19.2 Å². The molecule has 1 N–H and O–H groups in total. The molecule has 2 heterocycles. The van der Waals surface area contributed by atoms with E-state index >= 15 is 0 Å². The van der Waals surface area contributed by atoms with Gasteiger partial charge in [-0.3, -0.25) is 4.79 Å². The second-order valence-corrected chi connectivity index (χ2v) is 5.53. The van der Waals surface area contributed by atoms with Crippen molar-refractivity contribution in [3.05, 3.63) is 22.8 Å². The van der Waals surface area contributed by atoms with Gasteiger partial charge in [0.2, 0.25) is 0 Å². The van der Waals surface area contributed by atoms with Crippen LogP contribution in [0.5, 0.6) is 0 Å². The smallest absolute Gasteiger partial charge is 0.274 e. The average molecular weight is 282 g/mol. The van der Waals surface area contributed by atoms with Gasteiger partial charge in [-0.2, -0.15) is 0 Å². The van der Waals surface area contributed by atoms with Crippen LogP contribution in [0.1, 0.15) is 43.6 Å². The molecule has 0 radical (unpaired) electrons. The summed E-state index contributed by atoms with van der Waals surface area (Å²) >= 11 is 6.12. The number of carbonyl (C=O) groups is 1. The number of hydrogen-bond donors (Lipinski definition) is 1. The van der Waals surface area contributed by atoms with Gasteiger partial charge in [-0.25, -0.2) is 4.98 Å². The molecule has 104 valence electrons. The van der Waals surface area contributed by atoms with Crippen molar-refractivity contribution in [3.63, 3.8) is 0 Å². The number of carbonyl (C=O) groups excluding carboxylic acids is 1. The SMILES string of the molecule is CNc1ccc(Cl)c(C(=O)N2C(C)CCCC2C)n1. The number of anilines is 1. The number of nitrogens with zero attached hydrogens (tertiary/aromatic N) is 2. The molecule has 1 aliphatic heterocycles. The van der Waals surface area contributed by atoms with Gasteiger partial charge in [0.15, 0.2) is 0 Å². The molecule has 2 rings (SSSR count). The zero-order valence-corrected chi connectivity index (χ0v) is 12.4. The first-order chi connectivity index (χ1) is 9.04. The van der Waals surface area contributed by atoms with Crippen molar-refractivity contribution in [2.45, 2.75) is 45.2 Å². The Kier molecular flexibility index (Phi) is 4.30. The zero-order valence-electron chi connectivity index (χ0n) is 11.6. The number of aromatic nitrogens is 1. The maximum absolute atomic E-state index is 12.7. The van der Waals surface area contributed by atoms with E-state index in [-0.39, 0.29) is 18.0 Å². The minimum atomic E-state index is -0.0678. The van der Waals surface area contributed by atoms with Crippen LogP contribution in [0.15, 0.2) is 12.1 Å². The van der Waals surface area contributed by atoms with Gasteiger partial charge < -0.3 is 10.2 Å². The molecule has 2 unspecified atom stereocenters. The second kappa shape index (κ2) is 5.78. The van der Waals surface area contributed by atoms with Gasteiger partial charge in [0, 0.05) is 19.1 Å². The maximum atomic E-state index is 12.7. The van der Waals surface area contributed by atoms with Crippen molar-refractivity contribution in [2.24, 2.45) is 0 Å². The predicted molar refractivity (Wildman–Crippen MR) is 77.7 cm³/mol. The molecule has 5 heteroatoms. The average Bonchev–Trinajstić information content (AvgIpc) is 2.39. The Morgan fingerprint density at radius 3 is 2.58 bits per heavy atom. The molecule has 0 saturated carbocycles. The summed E-state index contributed by atoms with van der Waals surface area (Å²) in [6.45, 7) is 4.17. The fourth-order valence-electron chi connectivity index (χ4n) is 2.68. The molecule has 1 aromatic heterocycles. The van der Waals surface area contributed by atoms with Gasteiger partial charge in [0.1, 0.15) is 11.5 Å². The highest BCUT2D eigenvalue weighted by molar-refractivity contribution is 6.33. The van der Waals surface area contributed by atoms with Gasteiger partial charge >= 0.3 is 0 Å². The maximum Gasteiger partial charge on any atom is 0.274 e. The van der Waals surface area contributed by atoms with Gasteiger partial charge in [-0.1, -0.05) is 11.6 Å². The van der Waals surface area contributed by atoms with Crippen molar-refractivity contribution in [1.29, 1.82) is 0 Å². The first-order valence-electron chi connectivity index (χ1n) is 6.71. The van der Waals surface area contributed by atoms with E-state index in [9.17, 15) is 4.79 Å². The van der Waals surface area contributed by atoms with E-state index in [0.717, 1.165) is 12.8 Å². The highest BCUT2D eigenvalue weighted by Crippen LogP contribution is 2.26. The molecular formula is C14H20ClN3O. The Bertz CT molecular complexity index is 468. The van der Waals surface area contributed by atoms with Gasteiger partial charge in [-0.15, -0.1) is 0 Å². The lowest BCUT2D eigenvalue weighted by molar-refractivity contribution is 0.0505. The predicted octanol–water partition coefficient (Wildman–Crippen LogP) is 3.18. The summed E-state index contributed by atoms with van der Waals surface area (Å²) in [6, 6.07) is 3.97. The molecule has 19 heavy (non-hydrogen) atoms. The summed E-state index contributed by atoms with van der Waals surface area (Å²) in [5, 5.41) is 3.35. The largest absolute Gasteiger partial charge is 0.373 e. The van der Waals surface area contributed by atoms with Crippen LogP contribution in [0, 0.1) is 0 Å². The van der Waals surface area contributed by atoms with Gasteiger partial charge in [0.05, 0.1) is 5.02 Å². The lowest BCUT2D eigenvalue weighted by Crippen LogP contribution is -2.47. The van der Waals surface area contributed by atoms with E-state index in [0.29, 0.717) is 16.5 Å². The molecule has 0 bridgehead atoms. The van der Waals surface area contributed by atoms with Gasteiger partial charge in [0.25, 0.3) is 5.91 Å². The van der Waals surface area contributed by atoms with E-state index in [1.807, 2.05) is 4.90 Å². The van der Waals surface area contributed by atoms with Crippen LogP contribution < -0.4 is 5.32 Å². The molecule has 1 aliphatic rings. The Hall–Kier alpha value is -1.29. The third-order valence-corrected chi connectivity index (χ3v) is 4.04. The number of hydrogen-bond acceptors (Lipinski definition) is 3. The second-order valence-electron chi connectivity index (χ2n) is 5.12. The lowest BCUT2D eigenvalue weighted by Gasteiger charge is -2.39. The highest BCUT2D eigenvalue weighted by atomic mass is 35.5. The summed E-state index contributed by atoms with van der Waals surface area (Å²) < 4.78 is 0. The van der Waals surface area contributed by atoms with Crippen molar-refractivity contribution < 1.29 is 4.79 Å². The highest BCUT2D eigenvalue weighted by Gasteiger charge is 2.31. The number of likely N-dealkylation sites (tertiary alicyclic amines) is 1. The fourth-order valence-corrected chi connectivity index (χ4v) is 2.86. The summed E-state index contributed by atoms with van der Waals surface area (Å²) in [5.74, 6) is 0.590. The monoisotopic (exact) mass is 281 g/mol. The molecule has 1 fully saturated rings. The molecule has 0 aromatic carbocycles. The normalized spacial score (nSPS) is 23.3. The molecule has 0 spiro atoms. The van der Waals surface area contributed by atoms with E-state index in [2.05, 4.69) is 24.1 Å². The summed E-state index contributed by atoms with van der Waals surface area (Å²) in [7, 11) is 1.77. The summed E-state index contributed by atoms with van der Waals surface area (Å²) in [5.41, 5.74) is 0.342. The van der Waals surface area contributed by atoms with Crippen LogP contribution in [0.3, 0.4) is 0 Å². The van der Waals surface area contributed by atoms with Crippen LogP contribution in [0.4, 0.5) is 5.82 Å². The number of nitrogens with one attached hydrogen (secondary N) is 1. The quantitative estimate of drug-likeness (QED) is 0.905. The fraction of sp³-hybridized carbons (Fsp3) is 0.571. The van der Waals surface area contributed by atoms with E-state index < -0.39 is 0 Å². The standard InChI is InChI=1S/C14H20ClN3O/c1-9-5-4-6-10(2)18(9)14(19)13-11(15)7-8-12(16-3)17-13/h7-10H,4-6H2,1-3H3,(H,16,17). The van der Waals surface area contributed by atoms with Crippen molar-refractivity contribution in [3.8, 4) is 0 Å². The molecule has 1 aromatic rings. The Morgan fingerprint density at radius 2 is 2.00 bits per heavy atom. The summed E-state index contributed by atoms with van der Waals surface area (Å²) in [4.78, 5) is 18.9. The molecule has 2 atom stereocenters. The Balaban J connectivity index is 2.32. The minimum absolute atomic E-state index is 0.0678. The Labute approximate surface area is 119 Å². The van der Waals surface area contributed by atoms with E-state index in [1.165, 1.54) is 6.42 Å². The van der Waals surface area contributed by atoms with Crippen LogP contribution in [-0.4, -0.2) is 34.9 Å². The number of piperidine rings is 1. The molecule has 1 saturated heterocycles. The number of pyridine rings is 1. The van der Waals surface area contributed by atoms with Crippen LogP contribution in [0.2, 0.25) is 5.02 Å². The first kappa shape index (κ1) is 14.1.